The largest absolute Gasteiger partial charge is 0.280 e. The third-order valence-electron chi connectivity index (χ3n) is 2.55. The predicted octanol–water partition coefficient (Wildman–Crippen LogP) is 3.41. The monoisotopic (exact) mass is 273 g/mol. The zero-order chi connectivity index (χ0) is 13.7. The fourth-order valence-electron chi connectivity index (χ4n) is 1.55. The molecule has 2 aromatic rings. The van der Waals surface area contributed by atoms with Gasteiger partial charge in [-0.15, -0.1) is 0 Å². The molecule has 0 saturated carbocycles. The summed E-state index contributed by atoms with van der Waals surface area (Å²) in [5.74, 6) is 0. The van der Waals surface area contributed by atoms with Gasteiger partial charge in [0, 0.05) is 5.69 Å². The molecule has 0 aliphatic heterocycles. The van der Waals surface area contributed by atoms with Crippen LogP contribution in [0.25, 0.3) is 6.08 Å². The van der Waals surface area contributed by atoms with Crippen LogP contribution in [-0.4, -0.2) is 8.42 Å². The molecule has 0 unspecified atom stereocenters. The van der Waals surface area contributed by atoms with Crippen LogP contribution in [0.15, 0.2) is 60.0 Å². The predicted molar refractivity (Wildman–Crippen MR) is 79.2 cm³/mol. The second-order valence-electron chi connectivity index (χ2n) is 4.23. The van der Waals surface area contributed by atoms with E-state index in [1.54, 1.807) is 18.2 Å². The van der Waals surface area contributed by atoms with Gasteiger partial charge in [-0.25, -0.2) is 8.42 Å². The van der Waals surface area contributed by atoms with E-state index in [1.165, 1.54) is 5.41 Å². The highest BCUT2D eigenvalue weighted by Gasteiger charge is 2.04. The van der Waals surface area contributed by atoms with Crippen LogP contribution in [0.1, 0.15) is 11.1 Å². The van der Waals surface area contributed by atoms with E-state index in [1.807, 2.05) is 49.4 Å². The molecule has 0 fully saturated rings. The van der Waals surface area contributed by atoms with E-state index >= 15 is 0 Å². The third-order valence-corrected chi connectivity index (χ3v) is 3.57. The summed E-state index contributed by atoms with van der Waals surface area (Å²) >= 11 is 0. The van der Waals surface area contributed by atoms with E-state index in [-0.39, 0.29) is 0 Å². The molecular formula is C15H15NO2S. The van der Waals surface area contributed by atoms with Gasteiger partial charge in [0.15, 0.2) is 0 Å². The Balaban J connectivity index is 2.11. The van der Waals surface area contributed by atoms with Crippen LogP contribution in [0.4, 0.5) is 5.69 Å². The maximum Gasteiger partial charge on any atom is 0.255 e. The van der Waals surface area contributed by atoms with Crippen LogP contribution >= 0.6 is 0 Å². The van der Waals surface area contributed by atoms with Gasteiger partial charge in [-0.2, -0.15) is 0 Å². The number of hydrogen-bond donors (Lipinski definition) is 1. The van der Waals surface area contributed by atoms with Crippen LogP contribution in [0.5, 0.6) is 0 Å². The Morgan fingerprint density at radius 1 is 0.947 bits per heavy atom. The zero-order valence-electron chi connectivity index (χ0n) is 10.6. The molecule has 0 radical (unpaired) electrons. The molecule has 0 atom stereocenters. The second kappa shape index (κ2) is 5.71. The fraction of sp³-hybridized carbons (Fsp3) is 0.0667. The Morgan fingerprint density at radius 3 is 2.21 bits per heavy atom. The van der Waals surface area contributed by atoms with Crippen molar-refractivity contribution in [3.63, 3.8) is 0 Å². The van der Waals surface area contributed by atoms with E-state index in [0.29, 0.717) is 5.69 Å². The van der Waals surface area contributed by atoms with Crippen molar-refractivity contribution >= 4 is 21.8 Å². The summed E-state index contributed by atoms with van der Waals surface area (Å²) in [5.41, 5.74) is 2.49. The molecule has 1 N–H and O–H groups in total. The van der Waals surface area contributed by atoms with Gasteiger partial charge in [0.05, 0.1) is 5.41 Å². The van der Waals surface area contributed by atoms with Gasteiger partial charge in [0.2, 0.25) is 0 Å². The lowest BCUT2D eigenvalue weighted by Crippen LogP contribution is -2.08. The van der Waals surface area contributed by atoms with E-state index < -0.39 is 10.0 Å². The minimum atomic E-state index is -3.48. The van der Waals surface area contributed by atoms with E-state index in [0.717, 1.165) is 11.1 Å². The number of rotatable bonds is 4. The summed E-state index contributed by atoms with van der Waals surface area (Å²) < 4.78 is 26.2. The minimum Gasteiger partial charge on any atom is -0.280 e. The van der Waals surface area contributed by atoms with E-state index in [9.17, 15) is 8.42 Å². The van der Waals surface area contributed by atoms with Gasteiger partial charge in [-0.1, -0.05) is 48.0 Å². The van der Waals surface area contributed by atoms with Crippen molar-refractivity contribution in [2.45, 2.75) is 6.92 Å². The molecule has 4 heteroatoms. The molecule has 98 valence electrons. The lowest BCUT2D eigenvalue weighted by Gasteiger charge is -2.04. The van der Waals surface area contributed by atoms with Crippen molar-refractivity contribution in [3.8, 4) is 0 Å². The average Bonchev–Trinajstić information content (AvgIpc) is 2.40. The number of sulfonamides is 1. The molecular weight excluding hydrogens is 258 g/mol. The van der Waals surface area contributed by atoms with Crippen molar-refractivity contribution in [1.29, 1.82) is 0 Å². The summed E-state index contributed by atoms with van der Waals surface area (Å²) in [7, 11) is -3.48. The normalized spacial score (nSPS) is 11.6. The van der Waals surface area contributed by atoms with E-state index in [4.69, 9.17) is 0 Å². The van der Waals surface area contributed by atoms with Gasteiger partial charge in [-0.3, -0.25) is 4.72 Å². The van der Waals surface area contributed by atoms with Gasteiger partial charge >= 0.3 is 0 Å². The van der Waals surface area contributed by atoms with Gasteiger partial charge < -0.3 is 0 Å². The second-order valence-corrected chi connectivity index (χ2v) is 5.79. The summed E-state index contributed by atoms with van der Waals surface area (Å²) in [6.45, 7) is 1.95. The Bertz CT molecular complexity index is 659. The quantitative estimate of drug-likeness (QED) is 0.928. The molecule has 2 rings (SSSR count). The molecule has 2 aromatic carbocycles. The van der Waals surface area contributed by atoms with Crippen LogP contribution in [0.2, 0.25) is 0 Å². The number of aryl methyl sites for hydroxylation is 1. The highest BCUT2D eigenvalue weighted by atomic mass is 32.2. The Kier molecular flexibility index (Phi) is 4.02. The van der Waals surface area contributed by atoms with Crippen LogP contribution in [0, 0.1) is 6.92 Å². The highest BCUT2D eigenvalue weighted by Crippen LogP contribution is 2.12. The molecule has 0 aromatic heterocycles. The molecule has 0 spiro atoms. The van der Waals surface area contributed by atoms with Crippen LogP contribution in [0.3, 0.4) is 0 Å². The molecule has 0 bridgehead atoms. The summed E-state index contributed by atoms with van der Waals surface area (Å²) in [6.07, 6.45) is 1.57. The molecule has 0 amide bonds. The van der Waals surface area contributed by atoms with Crippen molar-refractivity contribution in [1.82, 2.24) is 0 Å². The lowest BCUT2D eigenvalue weighted by atomic mass is 10.2. The van der Waals surface area contributed by atoms with Crippen LogP contribution in [-0.2, 0) is 10.0 Å². The SMILES string of the molecule is Cc1ccc(NS(=O)(=O)C=Cc2ccccc2)cc1. The Morgan fingerprint density at radius 2 is 1.58 bits per heavy atom. The maximum atomic E-state index is 11.9. The topological polar surface area (TPSA) is 46.2 Å². The van der Waals surface area contributed by atoms with Gasteiger partial charge in [0.1, 0.15) is 0 Å². The van der Waals surface area contributed by atoms with Crippen LogP contribution < -0.4 is 4.72 Å². The Hall–Kier alpha value is -2.07. The number of anilines is 1. The first kappa shape index (κ1) is 13.4. The smallest absolute Gasteiger partial charge is 0.255 e. The third kappa shape index (κ3) is 4.26. The lowest BCUT2D eigenvalue weighted by molar-refractivity contribution is 0.609. The zero-order valence-corrected chi connectivity index (χ0v) is 11.4. The first-order chi connectivity index (χ1) is 9.05. The van der Waals surface area contributed by atoms with E-state index in [2.05, 4.69) is 4.72 Å². The molecule has 0 saturated heterocycles. The summed E-state index contributed by atoms with van der Waals surface area (Å²) in [6, 6.07) is 16.5. The summed E-state index contributed by atoms with van der Waals surface area (Å²) in [5, 5.41) is 1.17. The fourth-order valence-corrected chi connectivity index (χ4v) is 2.42. The van der Waals surface area contributed by atoms with Crippen molar-refractivity contribution in [3.05, 3.63) is 71.1 Å². The van der Waals surface area contributed by atoms with Crippen molar-refractivity contribution < 1.29 is 8.42 Å². The highest BCUT2D eigenvalue weighted by molar-refractivity contribution is 7.95. The van der Waals surface area contributed by atoms with Gasteiger partial charge in [-0.05, 0) is 30.7 Å². The maximum absolute atomic E-state index is 11.9. The number of benzene rings is 2. The first-order valence-electron chi connectivity index (χ1n) is 5.88. The standard InChI is InChI=1S/C15H15NO2S/c1-13-7-9-15(10-8-13)16-19(17,18)12-11-14-5-3-2-4-6-14/h2-12,16H,1H3. The number of hydrogen-bond acceptors (Lipinski definition) is 2. The minimum absolute atomic E-state index is 0.559. The average molecular weight is 273 g/mol. The molecule has 0 heterocycles. The van der Waals surface area contributed by atoms with Gasteiger partial charge in [0.25, 0.3) is 10.0 Å². The van der Waals surface area contributed by atoms with Crippen molar-refractivity contribution in [2.24, 2.45) is 0 Å². The molecule has 0 aliphatic carbocycles. The first-order valence-corrected chi connectivity index (χ1v) is 7.42. The molecule has 19 heavy (non-hydrogen) atoms. The Labute approximate surface area is 113 Å². The van der Waals surface area contributed by atoms with Crippen molar-refractivity contribution in [2.75, 3.05) is 4.72 Å². The molecule has 3 nitrogen and oxygen atoms in total. The molecule has 0 aliphatic rings. The summed E-state index contributed by atoms with van der Waals surface area (Å²) in [4.78, 5) is 0. The number of nitrogens with one attached hydrogen (secondary N) is 1.